The van der Waals surface area contributed by atoms with E-state index in [-0.39, 0.29) is 25.2 Å². The van der Waals surface area contributed by atoms with Crippen LogP contribution in [-0.2, 0) is 16.1 Å². The van der Waals surface area contributed by atoms with Crippen molar-refractivity contribution in [3.05, 3.63) is 75.8 Å². The number of thiazole rings is 1. The van der Waals surface area contributed by atoms with Crippen molar-refractivity contribution in [2.45, 2.75) is 26.8 Å². The van der Waals surface area contributed by atoms with Crippen molar-refractivity contribution in [1.82, 2.24) is 9.88 Å². The lowest BCUT2D eigenvalue weighted by molar-refractivity contribution is -0.140. The standard InChI is InChI=1S/C23H22F2N2O3S/c1-14-4-6-17(15(2)10-14)22-26-20(13-31-22)23(29)27(9-8-21(28)30-3)12-16-5-7-18(24)19(25)11-16/h4-7,10-11,13H,8-9,12H2,1-3H3. The average Bonchev–Trinajstić information content (AvgIpc) is 3.22. The van der Waals surface area contributed by atoms with Crippen molar-refractivity contribution < 1.29 is 23.1 Å². The Kier molecular flexibility index (Phi) is 7.12. The molecule has 2 aromatic carbocycles. The van der Waals surface area contributed by atoms with E-state index in [1.165, 1.54) is 29.4 Å². The fraction of sp³-hybridized carbons (Fsp3) is 0.261. The smallest absolute Gasteiger partial charge is 0.307 e. The van der Waals surface area contributed by atoms with Crippen LogP contribution in [0.15, 0.2) is 41.8 Å². The Labute approximate surface area is 183 Å². The third-order valence-corrected chi connectivity index (χ3v) is 5.67. The zero-order valence-electron chi connectivity index (χ0n) is 17.4. The monoisotopic (exact) mass is 444 g/mol. The molecule has 0 atom stereocenters. The quantitative estimate of drug-likeness (QED) is 0.486. The lowest BCUT2D eigenvalue weighted by atomic mass is 10.1. The first-order valence-corrected chi connectivity index (χ1v) is 10.5. The number of halogens is 2. The molecule has 0 fully saturated rings. The van der Waals surface area contributed by atoms with E-state index in [1.807, 2.05) is 32.0 Å². The third kappa shape index (κ3) is 5.52. The number of carbonyl (C=O) groups is 2. The van der Waals surface area contributed by atoms with Gasteiger partial charge in [0.2, 0.25) is 0 Å². The Morgan fingerprint density at radius 3 is 2.55 bits per heavy atom. The van der Waals surface area contributed by atoms with Crippen LogP contribution in [0.5, 0.6) is 0 Å². The summed E-state index contributed by atoms with van der Waals surface area (Å²) >= 11 is 1.35. The van der Waals surface area contributed by atoms with Gasteiger partial charge in [-0.1, -0.05) is 29.8 Å². The molecular formula is C23H22F2N2O3S. The third-order valence-electron chi connectivity index (χ3n) is 4.79. The van der Waals surface area contributed by atoms with Crippen molar-refractivity contribution >= 4 is 23.2 Å². The van der Waals surface area contributed by atoms with Crippen molar-refractivity contribution in [2.24, 2.45) is 0 Å². The minimum Gasteiger partial charge on any atom is -0.469 e. The molecule has 0 saturated carbocycles. The molecule has 5 nitrogen and oxygen atoms in total. The number of benzene rings is 2. The van der Waals surface area contributed by atoms with E-state index in [9.17, 15) is 18.4 Å². The number of aromatic nitrogens is 1. The lowest BCUT2D eigenvalue weighted by Crippen LogP contribution is -2.33. The highest BCUT2D eigenvalue weighted by atomic mass is 32.1. The maximum atomic E-state index is 13.6. The van der Waals surface area contributed by atoms with Gasteiger partial charge in [-0.2, -0.15) is 0 Å². The second-order valence-corrected chi connectivity index (χ2v) is 8.02. The second-order valence-electron chi connectivity index (χ2n) is 7.16. The molecule has 0 aliphatic carbocycles. The van der Waals surface area contributed by atoms with E-state index < -0.39 is 23.5 Å². The highest BCUT2D eigenvalue weighted by Gasteiger charge is 2.21. The number of esters is 1. The van der Waals surface area contributed by atoms with Crippen LogP contribution in [-0.4, -0.2) is 35.4 Å². The van der Waals surface area contributed by atoms with Crippen molar-refractivity contribution in [3.8, 4) is 10.6 Å². The normalized spacial score (nSPS) is 10.7. The number of hydrogen-bond donors (Lipinski definition) is 0. The molecule has 0 aliphatic rings. The van der Waals surface area contributed by atoms with Crippen LogP contribution in [0.1, 0.15) is 33.6 Å². The fourth-order valence-electron chi connectivity index (χ4n) is 3.15. The van der Waals surface area contributed by atoms with Gasteiger partial charge >= 0.3 is 5.97 Å². The number of hydrogen-bond acceptors (Lipinski definition) is 5. The van der Waals surface area contributed by atoms with Gasteiger partial charge in [0, 0.05) is 24.0 Å². The highest BCUT2D eigenvalue weighted by Crippen LogP contribution is 2.28. The summed E-state index contributed by atoms with van der Waals surface area (Å²) in [4.78, 5) is 30.6. The first kappa shape index (κ1) is 22.6. The van der Waals surface area contributed by atoms with E-state index in [2.05, 4.69) is 9.72 Å². The van der Waals surface area contributed by atoms with Gasteiger partial charge in [-0.15, -0.1) is 11.3 Å². The number of rotatable bonds is 7. The molecule has 0 N–H and O–H groups in total. The van der Waals surface area contributed by atoms with Crippen LogP contribution >= 0.6 is 11.3 Å². The molecular weight excluding hydrogens is 422 g/mol. The Hall–Kier alpha value is -3.13. The van der Waals surface area contributed by atoms with Crippen LogP contribution < -0.4 is 0 Å². The molecule has 3 aromatic rings. The van der Waals surface area contributed by atoms with Gasteiger partial charge in [0.25, 0.3) is 5.91 Å². The summed E-state index contributed by atoms with van der Waals surface area (Å²) in [5.41, 5.74) is 3.76. The number of ether oxygens (including phenoxy) is 1. The van der Waals surface area contributed by atoms with Gasteiger partial charge in [0.15, 0.2) is 11.6 Å². The van der Waals surface area contributed by atoms with Gasteiger partial charge < -0.3 is 9.64 Å². The molecule has 0 spiro atoms. The van der Waals surface area contributed by atoms with Crippen LogP contribution in [0.3, 0.4) is 0 Å². The summed E-state index contributed by atoms with van der Waals surface area (Å²) < 4.78 is 31.5. The number of aryl methyl sites for hydroxylation is 2. The fourth-order valence-corrected chi connectivity index (χ4v) is 4.03. The molecule has 3 rings (SSSR count). The van der Waals surface area contributed by atoms with Gasteiger partial charge in [-0.05, 0) is 37.1 Å². The first-order valence-electron chi connectivity index (χ1n) is 9.61. The van der Waals surface area contributed by atoms with Gasteiger partial charge in [0.05, 0.1) is 13.5 Å². The van der Waals surface area contributed by atoms with Crippen LogP contribution in [0.25, 0.3) is 10.6 Å². The maximum Gasteiger partial charge on any atom is 0.307 e. The van der Waals surface area contributed by atoms with Crippen molar-refractivity contribution in [2.75, 3.05) is 13.7 Å². The van der Waals surface area contributed by atoms with E-state index in [4.69, 9.17) is 0 Å². The minimum atomic E-state index is -0.997. The topological polar surface area (TPSA) is 59.5 Å². The zero-order valence-corrected chi connectivity index (χ0v) is 18.3. The molecule has 0 radical (unpaired) electrons. The molecule has 8 heteroatoms. The Balaban J connectivity index is 1.85. The Bertz CT molecular complexity index is 1110. The summed E-state index contributed by atoms with van der Waals surface area (Å²) in [7, 11) is 1.26. The summed E-state index contributed by atoms with van der Waals surface area (Å²) in [5.74, 6) is -2.84. The Morgan fingerprint density at radius 1 is 1.10 bits per heavy atom. The Morgan fingerprint density at radius 2 is 1.87 bits per heavy atom. The highest BCUT2D eigenvalue weighted by molar-refractivity contribution is 7.13. The first-order chi connectivity index (χ1) is 14.8. The SMILES string of the molecule is COC(=O)CCN(Cc1ccc(F)c(F)c1)C(=O)c1csc(-c2ccc(C)cc2C)n1. The molecule has 0 unspecified atom stereocenters. The average molecular weight is 445 g/mol. The molecule has 31 heavy (non-hydrogen) atoms. The molecule has 1 heterocycles. The van der Waals surface area contributed by atoms with Crippen LogP contribution in [0, 0.1) is 25.5 Å². The van der Waals surface area contributed by atoms with Gasteiger partial charge in [-0.3, -0.25) is 9.59 Å². The summed E-state index contributed by atoms with van der Waals surface area (Å²) in [5, 5.41) is 2.37. The second kappa shape index (κ2) is 9.78. The number of methoxy groups -OCH3 is 1. The molecule has 0 bridgehead atoms. The summed E-state index contributed by atoms with van der Waals surface area (Å²) in [6.45, 7) is 4.05. The van der Waals surface area contributed by atoms with Gasteiger partial charge in [-0.25, -0.2) is 13.8 Å². The van der Waals surface area contributed by atoms with Crippen molar-refractivity contribution in [3.63, 3.8) is 0 Å². The van der Waals surface area contributed by atoms with Crippen LogP contribution in [0.4, 0.5) is 8.78 Å². The van der Waals surface area contributed by atoms with Crippen LogP contribution in [0.2, 0.25) is 0 Å². The molecule has 1 aromatic heterocycles. The van der Waals surface area contributed by atoms with E-state index in [1.54, 1.807) is 5.38 Å². The predicted molar refractivity (Wildman–Crippen MR) is 115 cm³/mol. The molecule has 1 amide bonds. The molecule has 162 valence electrons. The zero-order chi connectivity index (χ0) is 22.5. The molecule has 0 saturated heterocycles. The lowest BCUT2D eigenvalue weighted by Gasteiger charge is -2.21. The maximum absolute atomic E-state index is 13.6. The number of carbonyl (C=O) groups excluding carboxylic acids is 2. The van der Waals surface area contributed by atoms with Gasteiger partial charge in [0.1, 0.15) is 10.7 Å². The van der Waals surface area contributed by atoms with Crippen molar-refractivity contribution in [1.29, 1.82) is 0 Å². The van der Waals surface area contributed by atoms with E-state index in [0.29, 0.717) is 10.6 Å². The van der Waals surface area contributed by atoms with E-state index >= 15 is 0 Å². The number of amides is 1. The minimum absolute atomic E-state index is 0.00342. The largest absolute Gasteiger partial charge is 0.469 e. The van der Waals surface area contributed by atoms with E-state index in [0.717, 1.165) is 28.8 Å². The summed E-state index contributed by atoms with van der Waals surface area (Å²) in [6.07, 6.45) is -0.0278. The number of nitrogens with zero attached hydrogens (tertiary/aromatic N) is 2. The predicted octanol–water partition coefficient (Wildman–Crippen LogP) is 4.91. The summed E-state index contributed by atoms with van der Waals surface area (Å²) in [6, 6.07) is 9.44. The molecule has 0 aliphatic heterocycles.